The van der Waals surface area contributed by atoms with Gasteiger partial charge < -0.3 is 5.73 Å². The van der Waals surface area contributed by atoms with E-state index in [0.717, 1.165) is 28.6 Å². The predicted molar refractivity (Wildman–Crippen MR) is 85.4 cm³/mol. The molecule has 1 unspecified atom stereocenters. The Kier molecular flexibility index (Phi) is 4.80. The molecule has 1 aromatic heterocycles. The van der Waals surface area contributed by atoms with E-state index in [4.69, 9.17) is 5.73 Å². The molecular formula is C13H15BrIN3. The quantitative estimate of drug-likeness (QED) is 0.767. The van der Waals surface area contributed by atoms with Gasteiger partial charge in [0.1, 0.15) is 0 Å². The summed E-state index contributed by atoms with van der Waals surface area (Å²) >= 11 is 5.80. The lowest BCUT2D eigenvalue weighted by molar-refractivity contribution is 0.602. The van der Waals surface area contributed by atoms with E-state index in [1.54, 1.807) is 0 Å². The molecule has 0 amide bonds. The van der Waals surface area contributed by atoms with Crippen LogP contribution in [0.2, 0.25) is 0 Å². The molecule has 96 valence electrons. The molecule has 0 aliphatic carbocycles. The van der Waals surface area contributed by atoms with Crippen LogP contribution in [0.15, 0.2) is 35.1 Å². The van der Waals surface area contributed by atoms with E-state index in [9.17, 15) is 0 Å². The number of hydrogen-bond donors (Lipinski definition) is 1. The molecule has 0 radical (unpaired) electrons. The normalized spacial score (nSPS) is 12.7. The summed E-state index contributed by atoms with van der Waals surface area (Å²) in [5, 5.41) is 4.33. The van der Waals surface area contributed by atoms with E-state index in [0.29, 0.717) is 0 Å². The van der Waals surface area contributed by atoms with Crippen LogP contribution >= 0.6 is 38.5 Å². The van der Waals surface area contributed by atoms with Gasteiger partial charge in [-0.2, -0.15) is 5.10 Å². The summed E-state index contributed by atoms with van der Waals surface area (Å²) in [6.07, 6.45) is 4.97. The zero-order valence-corrected chi connectivity index (χ0v) is 13.8. The van der Waals surface area contributed by atoms with E-state index >= 15 is 0 Å². The Morgan fingerprint density at radius 1 is 1.50 bits per heavy atom. The fourth-order valence-electron chi connectivity index (χ4n) is 1.82. The van der Waals surface area contributed by atoms with Gasteiger partial charge in [0.2, 0.25) is 0 Å². The number of halogens is 2. The van der Waals surface area contributed by atoms with Gasteiger partial charge in [0.05, 0.1) is 12.2 Å². The molecular weight excluding hydrogens is 405 g/mol. The van der Waals surface area contributed by atoms with Crippen molar-refractivity contribution in [2.75, 3.05) is 0 Å². The largest absolute Gasteiger partial charge is 0.320 e. The second-order valence-electron chi connectivity index (χ2n) is 4.18. The number of nitrogens with two attached hydrogens (primary N) is 1. The van der Waals surface area contributed by atoms with Gasteiger partial charge >= 0.3 is 0 Å². The summed E-state index contributed by atoms with van der Waals surface area (Å²) in [4.78, 5) is 0. The van der Waals surface area contributed by atoms with E-state index < -0.39 is 0 Å². The summed E-state index contributed by atoms with van der Waals surface area (Å²) in [7, 11) is 0. The van der Waals surface area contributed by atoms with Crippen LogP contribution in [-0.2, 0) is 6.54 Å². The van der Waals surface area contributed by atoms with Gasteiger partial charge in [-0.1, -0.05) is 22.9 Å². The first-order chi connectivity index (χ1) is 8.61. The highest BCUT2D eigenvalue weighted by molar-refractivity contribution is 14.1. The van der Waals surface area contributed by atoms with Gasteiger partial charge in [-0.25, -0.2) is 0 Å². The predicted octanol–water partition coefficient (Wildman–Crippen LogP) is 3.71. The summed E-state index contributed by atoms with van der Waals surface area (Å²) in [6, 6.07) is 6.04. The topological polar surface area (TPSA) is 43.8 Å². The fraction of sp³-hybridized carbons (Fsp3) is 0.308. The van der Waals surface area contributed by atoms with Crippen molar-refractivity contribution in [2.24, 2.45) is 5.73 Å². The molecule has 1 atom stereocenters. The van der Waals surface area contributed by atoms with Crippen LogP contribution in [0.1, 0.15) is 30.5 Å². The number of benzene rings is 1. The highest BCUT2D eigenvalue weighted by atomic mass is 127. The first-order valence-electron chi connectivity index (χ1n) is 5.84. The third kappa shape index (κ3) is 3.13. The van der Waals surface area contributed by atoms with Gasteiger partial charge in [0, 0.05) is 26.3 Å². The minimum absolute atomic E-state index is 0.125. The Bertz CT molecular complexity index is 539. The molecule has 2 aromatic rings. The van der Waals surface area contributed by atoms with Gasteiger partial charge in [-0.05, 0) is 52.8 Å². The van der Waals surface area contributed by atoms with Crippen LogP contribution in [0.3, 0.4) is 0 Å². The monoisotopic (exact) mass is 419 g/mol. The smallest absolute Gasteiger partial charge is 0.0593 e. The molecule has 0 saturated heterocycles. The van der Waals surface area contributed by atoms with Crippen LogP contribution in [0, 0.1) is 3.57 Å². The molecule has 0 aliphatic heterocycles. The molecule has 0 aliphatic rings. The highest BCUT2D eigenvalue weighted by Crippen LogP contribution is 2.26. The van der Waals surface area contributed by atoms with Crippen LogP contribution in [0.4, 0.5) is 0 Å². The maximum Gasteiger partial charge on any atom is 0.0593 e. The Balaban J connectivity index is 2.29. The molecule has 1 heterocycles. The average Bonchev–Trinajstić information content (AvgIpc) is 2.80. The lowest BCUT2D eigenvalue weighted by Gasteiger charge is -2.12. The van der Waals surface area contributed by atoms with Crippen molar-refractivity contribution in [1.29, 1.82) is 0 Å². The minimum atomic E-state index is -0.125. The van der Waals surface area contributed by atoms with Crippen LogP contribution in [0.25, 0.3) is 0 Å². The maximum atomic E-state index is 6.32. The van der Waals surface area contributed by atoms with Crippen molar-refractivity contribution in [1.82, 2.24) is 9.78 Å². The molecule has 0 spiro atoms. The van der Waals surface area contributed by atoms with Gasteiger partial charge in [-0.3, -0.25) is 4.68 Å². The van der Waals surface area contributed by atoms with E-state index in [2.05, 4.69) is 62.7 Å². The number of hydrogen-bond acceptors (Lipinski definition) is 2. The standard InChI is InChI=1S/C13H15BrIN3/c1-2-5-18-8-9(7-17-18)13(16)11-6-10(14)3-4-12(11)15/h3-4,6-8,13H,2,5,16H2,1H3. The second-order valence-corrected chi connectivity index (χ2v) is 6.26. The molecule has 18 heavy (non-hydrogen) atoms. The van der Waals surface area contributed by atoms with Crippen molar-refractivity contribution in [3.63, 3.8) is 0 Å². The second kappa shape index (κ2) is 6.16. The molecule has 1 aromatic carbocycles. The maximum absolute atomic E-state index is 6.32. The van der Waals surface area contributed by atoms with Crippen molar-refractivity contribution >= 4 is 38.5 Å². The third-order valence-corrected chi connectivity index (χ3v) is 4.23. The number of rotatable bonds is 4. The molecule has 2 rings (SSSR count). The Hall–Kier alpha value is -0.400. The molecule has 3 nitrogen and oxygen atoms in total. The summed E-state index contributed by atoms with van der Waals surface area (Å²) < 4.78 is 4.17. The number of aromatic nitrogens is 2. The third-order valence-electron chi connectivity index (χ3n) is 2.76. The lowest BCUT2D eigenvalue weighted by Crippen LogP contribution is -2.12. The Labute approximate surface area is 129 Å². The highest BCUT2D eigenvalue weighted by Gasteiger charge is 2.14. The zero-order valence-electron chi connectivity index (χ0n) is 10.1. The zero-order chi connectivity index (χ0) is 13.1. The Morgan fingerprint density at radius 3 is 3.00 bits per heavy atom. The van der Waals surface area contributed by atoms with Gasteiger partial charge in [0.25, 0.3) is 0 Å². The first kappa shape index (κ1) is 14.0. The average molecular weight is 420 g/mol. The number of nitrogens with zero attached hydrogens (tertiary/aromatic N) is 2. The van der Waals surface area contributed by atoms with Crippen molar-refractivity contribution < 1.29 is 0 Å². The van der Waals surface area contributed by atoms with Crippen molar-refractivity contribution in [3.05, 3.63) is 49.8 Å². The van der Waals surface area contributed by atoms with Gasteiger partial charge in [0.15, 0.2) is 0 Å². The van der Waals surface area contributed by atoms with Crippen LogP contribution in [-0.4, -0.2) is 9.78 Å². The molecule has 5 heteroatoms. The van der Waals surface area contributed by atoms with Gasteiger partial charge in [-0.15, -0.1) is 0 Å². The van der Waals surface area contributed by atoms with E-state index in [-0.39, 0.29) is 6.04 Å². The first-order valence-corrected chi connectivity index (χ1v) is 7.72. The fourth-order valence-corrected chi connectivity index (χ4v) is 2.87. The van der Waals surface area contributed by atoms with E-state index in [1.165, 1.54) is 3.57 Å². The van der Waals surface area contributed by atoms with Crippen molar-refractivity contribution in [2.45, 2.75) is 25.9 Å². The number of aryl methyl sites for hydroxylation is 1. The molecule has 0 saturated carbocycles. The van der Waals surface area contributed by atoms with Crippen LogP contribution < -0.4 is 5.73 Å². The van der Waals surface area contributed by atoms with Crippen LogP contribution in [0.5, 0.6) is 0 Å². The summed E-state index contributed by atoms with van der Waals surface area (Å²) in [5.41, 5.74) is 8.50. The molecule has 0 bridgehead atoms. The van der Waals surface area contributed by atoms with E-state index in [1.807, 2.05) is 23.1 Å². The Morgan fingerprint density at radius 2 is 2.28 bits per heavy atom. The summed E-state index contributed by atoms with van der Waals surface area (Å²) in [6.45, 7) is 3.07. The lowest BCUT2D eigenvalue weighted by atomic mass is 10.0. The SMILES string of the molecule is CCCn1cc(C(N)c2cc(Br)ccc2I)cn1. The van der Waals surface area contributed by atoms with Crippen molar-refractivity contribution in [3.8, 4) is 0 Å². The minimum Gasteiger partial charge on any atom is -0.320 e. The molecule has 2 N–H and O–H groups in total. The molecule has 0 fully saturated rings. The summed E-state index contributed by atoms with van der Waals surface area (Å²) in [5.74, 6) is 0.